The summed E-state index contributed by atoms with van der Waals surface area (Å²) in [6, 6.07) is 1.49. The third kappa shape index (κ3) is 2.42. The highest BCUT2D eigenvalue weighted by molar-refractivity contribution is 14.1. The Morgan fingerprint density at radius 2 is 2.14 bits per heavy atom. The van der Waals surface area contributed by atoms with Crippen molar-refractivity contribution < 1.29 is 4.39 Å². The zero-order valence-corrected chi connectivity index (χ0v) is 10.00. The van der Waals surface area contributed by atoms with E-state index in [0.29, 0.717) is 0 Å². The highest BCUT2D eigenvalue weighted by Gasteiger charge is 2.13. The van der Waals surface area contributed by atoms with Crippen LogP contribution >= 0.6 is 22.6 Å². The van der Waals surface area contributed by atoms with E-state index in [0.717, 1.165) is 28.8 Å². The second-order valence-electron chi connectivity index (χ2n) is 3.58. The fraction of sp³-hybridized carbons (Fsp3) is 0.500. The van der Waals surface area contributed by atoms with Crippen LogP contribution < -0.4 is 0 Å². The van der Waals surface area contributed by atoms with E-state index in [1.165, 1.54) is 18.9 Å². The molecule has 0 amide bonds. The molecule has 0 atom stereocenters. The molecular formula is C10H12FIN2. The summed E-state index contributed by atoms with van der Waals surface area (Å²) >= 11 is 2.17. The molecule has 0 aliphatic carbocycles. The van der Waals surface area contributed by atoms with Crippen molar-refractivity contribution in [3.63, 3.8) is 0 Å². The van der Waals surface area contributed by atoms with Crippen molar-refractivity contribution in [3.05, 3.63) is 27.3 Å². The Bertz CT molecular complexity index is 324. The average Bonchev–Trinajstić information content (AvgIpc) is 2.62. The summed E-state index contributed by atoms with van der Waals surface area (Å²) in [4.78, 5) is 6.07. The fourth-order valence-electron chi connectivity index (χ4n) is 1.73. The molecule has 1 saturated heterocycles. The van der Waals surface area contributed by atoms with Crippen LogP contribution in [-0.2, 0) is 6.54 Å². The third-order valence-electron chi connectivity index (χ3n) is 2.49. The van der Waals surface area contributed by atoms with Gasteiger partial charge in [-0.1, -0.05) is 0 Å². The fourth-order valence-corrected chi connectivity index (χ4v) is 2.30. The van der Waals surface area contributed by atoms with Crippen molar-refractivity contribution in [2.75, 3.05) is 13.1 Å². The molecule has 1 aliphatic heterocycles. The van der Waals surface area contributed by atoms with Crippen LogP contribution in [0, 0.1) is 9.52 Å². The van der Waals surface area contributed by atoms with Gasteiger partial charge in [-0.3, -0.25) is 4.90 Å². The summed E-state index contributed by atoms with van der Waals surface area (Å²) in [7, 11) is 0. The summed E-state index contributed by atoms with van der Waals surface area (Å²) in [5.74, 6) is -0.389. The molecule has 0 bridgehead atoms. The summed E-state index contributed by atoms with van der Waals surface area (Å²) in [6.07, 6.45) is 4.21. The third-order valence-corrected chi connectivity index (χ3v) is 3.49. The monoisotopic (exact) mass is 306 g/mol. The molecule has 1 fully saturated rings. The summed E-state index contributed by atoms with van der Waals surface area (Å²) < 4.78 is 13.7. The Kier molecular flexibility index (Phi) is 3.33. The van der Waals surface area contributed by atoms with E-state index in [9.17, 15) is 4.39 Å². The van der Waals surface area contributed by atoms with E-state index in [2.05, 4.69) is 32.5 Å². The molecule has 1 aromatic heterocycles. The smallest absolute Gasteiger partial charge is 0.213 e. The molecule has 0 unspecified atom stereocenters. The number of rotatable bonds is 2. The molecule has 0 saturated carbocycles. The van der Waals surface area contributed by atoms with Crippen molar-refractivity contribution in [2.45, 2.75) is 19.4 Å². The molecule has 0 N–H and O–H groups in total. The minimum absolute atomic E-state index is 0.389. The van der Waals surface area contributed by atoms with Gasteiger partial charge in [-0.15, -0.1) is 0 Å². The summed E-state index contributed by atoms with van der Waals surface area (Å²) in [6.45, 7) is 3.23. The molecule has 1 aromatic rings. The van der Waals surface area contributed by atoms with Gasteiger partial charge in [0, 0.05) is 22.4 Å². The zero-order chi connectivity index (χ0) is 9.97. The predicted molar refractivity (Wildman–Crippen MR) is 61.4 cm³/mol. The van der Waals surface area contributed by atoms with Crippen LogP contribution in [0.5, 0.6) is 0 Å². The minimum atomic E-state index is -0.389. The van der Waals surface area contributed by atoms with Gasteiger partial charge in [-0.25, -0.2) is 4.98 Å². The molecule has 0 spiro atoms. The van der Waals surface area contributed by atoms with Gasteiger partial charge < -0.3 is 0 Å². The molecule has 76 valence electrons. The van der Waals surface area contributed by atoms with Crippen LogP contribution in [0.3, 0.4) is 0 Å². The number of hydrogen-bond donors (Lipinski definition) is 0. The second-order valence-corrected chi connectivity index (χ2v) is 4.74. The van der Waals surface area contributed by atoms with Crippen LogP contribution in [0.1, 0.15) is 18.4 Å². The first kappa shape index (κ1) is 10.3. The Labute approximate surface area is 96.7 Å². The largest absolute Gasteiger partial charge is 0.299 e. The van der Waals surface area contributed by atoms with Crippen molar-refractivity contribution in [3.8, 4) is 0 Å². The molecule has 2 heterocycles. The SMILES string of the molecule is Fc1cc(I)c(CN2CCCC2)cn1. The molecule has 2 rings (SSSR count). The number of halogens is 2. The maximum Gasteiger partial charge on any atom is 0.213 e. The van der Waals surface area contributed by atoms with Crippen LogP contribution in [0.15, 0.2) is 12.3 Å². The maximum atomic E-state index is 12.7. The second kappa shape index (κ2) is 4.53. The van der Waals surface area contributed by atoms with Crippen molar-refractivity contribution in [1.29, 1.82) is 0 Å². The van der Waals surface area contributed by atoms with Gasteiger partial charge in [0.05, 0.1) is 0 Å². The summed E-state index contributed by atoms with van der Waals surface area (Å²) in [5, 5.41) is 0. The lowest BCUT2D eigenvalue weighted by Crippen LogP contribution is -2.19. The molecule has 14 heavy (non-hydrogen) atoms. The Hall–Kier alpha value is -0.230. The number of likely N-dealkylation sites (tertiary alicyclic amines) is 1. The lowest BCUT2D eigenvalue weighted by atomic mass is 10.3. The molecule has 1 aliphatic rings. The zero-order valence-electron chi connectivity index (χ0n) is 7.84. The molecule has 2 nitrogen and oxygen atoms in total. The maximum absolute atomic E-state index is 12.7. The topological polar surface area (TPSA) is 16.1 Å². The standard InChI is InChI=1S/C10H12FIN2/c11-10-5-9(12)8(6-13-10)7-14-3-1-2-4-14/h5-6H,1-4,7H2. The van der Waals surface area contributed by atoms with E-state index in [1.807, 2.05) is 0 Å². The van der Waals surface area contributed by atoms with Gasteiger partial charge in [-0.2, -0.15) is 4.39 Å². The van der Waals surface area contributed by atoms with Gasteiger partial charge in [0.15, 0.2) is 0 Å². The lowest BCUT2D eigenvalue weighted by Gasteiger charge is -2.15. The van der Waals surface area contributed by atoms with Crippen molar-refractivity contribution in [2.24, 2.45) is 0 Å². The van der Waals surface area contributed by atoms with Crippen molar-refractivity contribution in [1.82, 2.24) is 9.88 Å². The lowest BCUT2D eigenvalue weighted by molar-refractivity contribution is 0.330. The first-order valence-corrected chi connectivity index (χ1v) is 5.86. The minimum Gasteiger partial charge on any atom is -0.299 e. The molecular weight excluding hydrogens is 294 g/mol. The van der Waals surface area contributed by atoms with Crippen LogP contribution in [-0.4, -0.2) is 23.0 Å². The van der Waals surface area contributed by atoms with E-state index >= 15 is 0 Å². The summed E-state index contributed by atoms with van der Waals surface area (Å²) in [5.41, 5.74) is 1.13. The Balaban J connectivity index is 2.08. The predicted octanol–water partition coefficient (Wildman–Crippen LogP) is 2.42. The van der Waals surface area contributed by atoms with E-state index in [-0.39, 0.29) is 5.95 Å². The normalized spacial score (nSPS) is 17.6. The number of hydrogen-bond acceptors (Lipinski definition) is 2. The highest BCUT2D eigenvalue weighted by atomic mass is 127. The number of nitrogens with zero attached hydrogens (tertiary/aromatic N) is 2. The average molecular weight is 306 g/mol. The Morgan fingerprint density at radius 1 is 1.43 bits per heavy atom. The van der Waals surface area contributed by atoms with Gasteiger partial charge >= 0.3 is 0 Å². The molecule has 0 aromatic carbocycles. The highest BCUT2D eigenvalue weighted by Crippen LogP contribution is 2.17. The molecule has 4 heteroatoms. The van der Waals surface area contributed by atoms with Gasteiger partial charge in [0.25, 0.3) is 0 Å². The van der Waals surface area contributed by atoms with Crippen LogP contribution in [0.4, 0.5) is 4.39 Å². The number of aromatic nitrogens is 1. The van der Waals surface area contributed by atoms with Crippen molar-refractivity contribution >= 4 is 22.6 Å². The van der Waals surface area contributed by atoms with Gasteiger partial charge in [0.1, 0.15) is 0 Å². The van der Waals surface area contributed by atoms with Gasteiger partial charge in [0.2, 0.25) is 5.95 Å². The van der Waals surface area contributed by atoms with E-state index < -0.39 is 0 Å². The molecule has 0 radical (unpaired) electrons. The number of pyridine rings is 1. The van der Waals surface area contributed by atoms with Crippen LogP contribution in [0.25, 0.3) is 0 Å². The quantitative estimate of drug-likeness (QED) is 0.616. The first-order valence-electron chi connectivity index (χ1n) is 4.78. The van der Waals surface area contributed by atoms with Gasteiger partial charge in [-0.05, 0) is 54.1 Å². The van der Waals surface area contributed by atoms with E-state index in [1.54, 1.807) is 6.20 Å². The first-order chi connectivity index (χ1) is 6.75. The Morgan fingerprint density at radius 3 is 2.79 bits per heavy atom. The van der Waals surface area contributed by atoms with E-state index in [4.69, 9.17) is 0 Å². The van der Waals surface area contributed by atoms with Crippen LogP contribution in [0.2, 0.25) is 0 Å².